The molecule has 1 aromatic carbocycles. The number of methoxy groups -OCH3 is 1. The van der Waals surface area contributed by atoms with Crippen LogP contribution >= 0.6 is 0 Å². The fourth-order valence-electron chi connectivity index (χ4n) is 1.46. The van der Waals surface area contributed by atoms with E-state index in [-0.39, 0.29) is 13.2 Å². The van der Waals surface area contributed by atoms with E-state index in [4.69, 9.17) is 18.9 Å². The standard InChI is InChI=1S/C15H20O5/c1-4-15(16)20-14(10-18-5-2)11-19-13-8-6-7-12(9-13)17-3/h4,6-9,14H,1,5,10-11H2,2-3H3. The Kier molecular flexibility index (Phi) is 7.21. The minimum Gasteiger partial charge on any atom is -0.497 e. The van der Waals surface area contributed by atoms with Crippen LogP contribution in [-0.4, -0.2) is 39.0 Å². The van der Waals surface area contributed by atoms with Gasteiger partial charge in [0.05, 0.1) is 13.7 Å². The van der Waals surface area contributed by atoms with Gasteiger partial charge in [-0.2, -0.15) is 0 Å². The minimum atomic E-state index is -0.496. The van der Waals surface area contributed by atoms with Gasteiger partial charge in [-0.3, -0.25) is 0 Å². The lowest BCUT2D eigenvalue weighted by Gasteiger charge is -2.17. The zero-order valence-electron chi connectivity index (χ0n) is 11.8. The lowest BCUT2D eigenvalue weighted by Crippen LogP contribution is -2.29. The third kappa shape index (κ3) is 5.75. The van der Waals surface area contributed by atoms with E-state index >= 15 is 0 Å². The molecule has 0 spiro atoms. The molecule has 0 fully saturated rings. The molecule has 110 valence electrons. The molecule has 0 radical (unpaired) electrons. The van der Waals surface area contributed by atoms with Crippen LogP contribution < -0.4 is 9.47 Å². The molecule has 0 aliphatic rings. The van der Waals surface area contributed by atoms with Gasteiger partial charge in [-0.1, -0.05) is 12.6 Å². The molecule has 0 heterocycles. The average Bonchev–Trinajstić information content (AvgIpc) is 2.49. The summed E-state index contributed by atoms with van der Waals surface area (Å²) in [7, 11) is 1.59. The highest BCUT2D eigenvalue weighted by molar-refractivity contribution is 5.81. The van der Waals surface area contributed by atoms with Gasteiger partial charge in [-0.25, -0.2) is 4.79 Å². The number of ether oxygens (including phenoxy) is 4. The van der Waals surface area contributed by atoms with Crippen LogP contribution in [0.5, 0.6) is 11.5 Å². The molecule has 0 N–H and O–H groups in total. The summed E-state index contributed by atoms with van der Waals surface area (Å²) in [6.45, 7) is 6.25. The number of benzene rings is 1. The number of rotatable bonds is 9. The highest BCUT2D eigenvalue weighted by atomic mass is 16.6. The molecule has 1 atom stereocenters. The Morgan fingerprint density at radius 1 is 1.35 bits per heavy atom. The molecular weight excluding hydrogens is 260 g/mol. The molecular formula is C15H20O5. The number of esters is 1. The molecule has 0 saturated heterocycles. The Bertz CT molecular complexity index is 430. The normalized spacial score (nSPS) is 11.5. The summed E-state index contributed by atoms with van der Waals surface area (Å²) in [5.74, 6) is 0.844. The summed E-state index contributed by atoms with van der Waals surface area (Å²) >= 11 is 0. The van der Waals surface area contributed by atoms with Crippen molar-refractivity contribution in [2.45, 2.75) is 13.0 Å². The van der Waals surface area contributed by atoms with E-state index < -0.39 is 12.1 Å². The lowest BCUT2D eigenvalue weighted by atomic mass is 10.3. The molecule has 0 aliphatic heterocycles. The van der Waals surface area contributed by atoms with Crippen LogP contribution in [-0.2, 0) is 14.3 Å². The third-order valence-electron chi connectivity index (χ3n) is 2.43. The Balaban J connectivity index is 2.54. The van der Waals surface area contributed by atoms with Crippen LogP contribution in [0.25, 0.3) is 0 Å². The SMILES string of the molecule is C=CC(=O)OC(COCC)COc1cccc(OC)c1. The number of hydrogen-bond acceptors (Lipinski definition) is 5. The first kappa shape index (κ1) is 16.0. The van der Waals surface area contributed by atoms with Gasteiger partial charge in [-0.05, 0) is 19.1 Å². The van der Waals surface area contributed by atoms with Crippen LogP contribution in [0.2, 0.25) is 0 Å². The highest BCUT2D eigenvalue weighted by Crippen LogP contribution is 2.19. The Morgan fingerprint density at radius 3 is 2.75 bits per heavy atom. The van der Waals surface area contributed by atoms with E-state index in [1.165, 1.54) is 0 Å². The molecule has 0 saturated carbocycles. The minimum absolute atomic E-state index is 0.201. The van der Waals surface area contributed by atoms with Gasteiger partial charge < -0.3 is 18.9 Å². The summed E-state index contributed by atoms with van der Waals surface area (Å²) in [4.78, 5) is 11.2. The molecule has 0 aliphatic carbocycles. The maximum atomic E-state index is 11.2. The van der Waals surface area contributed by atoms with Crippen LogP contribution in [0, 0.1) is 0 Å². The van der Waals surface area contributed by atoms with Crippen molar-refractivity contribution in [1.82, 2.24) is 0 Å². The molecule has 5 heteroatoms. The van der Waals surface area contributed by atoms with Crippen LogP contribution in [0.3, 0.4) is 0 Å². The van der Waals surface area contributed by atoms with Crippen LogP contribution in [0.4, 0.5) is 0 Å². The van der Waals surface area contributed by atoms with E-state index in [0.717, 1.165) is 6.08 Å². The van der Waals surface area contributed by atoms with Crippen molar-refractivity contribution in [1.29, 1.82) is 0 Å². The Hall–Kier alpha value is -2.01. The van der Waals surface area contributed by atoms with Crippen molar-refractivity contribution in [3.8, 4) is 11.5 Å². The number of hydrogen-bond donors (Lipinski definition) is 0. The highest BCUT2D eigenvalue weighted by Gasteiger charge is 2.14. The van der Waals surface area contributed by atoms with Crippen molar-refractivity contribution in [2.75, 3.05) is 26.9 Å². The van der Waals surface area contributed by atoms with Crippen molar-refractivity contribution < 1.29 is 23.7 Å². The van der Waals surface area contributed by atoms with Crippen molar-refractivity contribution in [3.05, 3.63) is 36.9 Å². The van der Waals surface area contributed by atoms with Gasteiger partial charge in [0, 0.05) is 18.7 Å². The Morgan fingerprint density at radius 2 is 2.10 bits per heavy atom. The predicted molar refractivity (Wildman–Crippen MR) is 75.1 cm³/mol. The average molecular weight is 280 g/mol. The zero-order valence-corrected chi connectivity index (χ0v) is 11.8. The molecule has 0 bridgehead atoms. The van der Waals surface area contributed by atoms with E-state index in [9.17, 15) is 4.79 Å². The topological polar surface area (TPSA) is 54.0 Å². The second-order valence-corrected chi connectivity index (χ2v) is 3.91. The van der Waals surface area contributed by atoms with Gasteiger partial charge in [0.1, 0.15) is 18.1 Å². The maximum Gasteiger partial charge on any atom is 0.330 e. The van der Waals surface area contributed by atoms with Crippen molar-refractivity contribution in [2.24, 2.45) is 0 Å². The quantitative estimate of drug-likeness (QED) is 0.513. The second-order valence-electron chi connectivity index (χ2n) is 3.91. The number of carbonyl (C=O) groups excluding carboxylic acids is 1. The van der Waals surface area contributed by atoms with Gasteiger partial charge in [0.15, 0.2) is 6.10 Å². The molecule has 5 nitrogen and oxygen atoms in total. The molecule has 0 aromatic heterocycles. The van der Waals surface area contributed by atoms with E-state index in [1.54, 1.807) is 19.2 Å². The first-order valence-electron chi connectivity index (χ1n) is 6.37. The van der Waals surface area contributed by atoms with E-state index in [2.05, 4.69) is 6.58 Å². The maximum absolute atomic E-state index is 11.2. The van der Waals surface area contributed by atoms with Gasteiger partial charge in [0.25, 0.3) is 0 Å². The fraction of sp³-hybridized carbons (Fsp3) is 0.400. The van der Waals surface area contributed by atoms with E-state index in [0.29, 0.717) is 18.1 Å². The summed E-state index contributed by atoms with van der Waals surface area (Å²) in [5.41, 5.74) is 0. The number of carbonyl (C=O) groups is 1. The fourth-order valence-corrected chi connectivity index (χ4v) is 1.46. The van der Waals surface area contributed by atoms with Crippen LogP contribution in [0.1, 0.15) is 6.92 Å². The third-order valence-corrected chi connectivity index (χ3v) is 2.43. The smallest absolute Gasteiger partial charge is 0.330 e. The predicted octanol–water partition coefficient (Wildman–Crippen LogP) is 2.21. The van der Waals surface area contributed by atoms with Crippen LogP contribution in [0.15, 0.2) is 36.9 Å². The lowest BCUT2D eigenvalue weighted by molar-refractivity contribution is -0.147. The van der Waals surface area contributed by atoms with Gasteiger partial charge in [0.2, 0.25) is 0 Å². The molecule has 20 heavy (non-hydrogen) atoms. The zero-order chi connectivity index (χ0) is 14.8. The first-order chi connectivity index (χ1) is 9.69. The second kappa shape index (κ2) is 8.98. The molecule has 1 aromatic rings. The molecule has 1 unspecified atom stereocenters. The Labute approximate surface area is 119 Å². The van der Waals surface area contributed by atoms with Gasteiger partial charge >= 0.3 is 5.97 Å². The van der Waals surface area contributed by atoms with Crippen molar-refractivity contribution in [3.63, 3.8) is 0 Å². The molecule has 1 rings (SSSR count). The summed E-state index contributed by atoms with van der Waals surface area (Å²) in [6, 6.07) is 7.20. The summed E-state index contributed by atoms with van der Waals surface area (Å²) in [5, 5.41) is 0. The monoisotopic (exact) mass is 280 g/mol. The van der Waals surface area contributed by atoms with Gasteiger partial charge in [-0.15, -0.1) is 0 Å². The molecule has 0 amide bonds. The largest absolute Gasteiger partial charge is 0.497 e. The van der Waals surface area contributed by atoms with E-state index in [1.807, 2.05) is 19.1 Å². The first-order valence-corrected chi connectivity index (χ1v) is 6.37. The summed E-state index contributed by atoms with van der Waals surface area (Å²) < 4.78 is 21.1. The summed E-state index contributed by atoms with van der Waals surface area (Å²) in [6.07, 6.45) is 0.636. The van der Waals surface area contributed by atoms with Crippen molar-refractivity contribution >= 4 is 5.97 Å².